The van der Waals surface area contributed by atoms with Gasteiger partial charge in [0.15, 0.2) is 36.5 Å². The molecule has 2 atom stereocenters. The number of methoxy groups -OCH3 is 3. The molecule has 0 aliphatic heterocycles. The van der Waals surface area contributed by atoms with Crippen LogP contribution in [0.3, 0.4) is 0 Å². The number of carbonyl (C=O) groups excluding carboxylic acids is 9. The summed E-state index contributed by atoms with van der Waals surface area (Å²) in [5.74, 6) is -1.33. The number of carbonyl (C=O) groups is 9. The normalized spacial score (nSPS) is 12.0. The van der Waals surface area contributed by atoms with Crippen molar-refractivity contribution in [3.8, 4) is 0 Å². The molecule has 0 spiro atoms. The maximum Gasteiger partial charge on any atom is 0.413 e. The van der Waals surface area contributed by atoms with Gasteiger partial charge in [0.2, 0.25) is 17.8 Å². The van der Waals surface area contributed by atoms with Gasteiger partial charge in [0, 0.05) is 39.3 Å². The van der Waals surface area contributed by atoms with E-state index >= 15 is 0 Å². The predicted molar refractivity (Wildman–Crippen MR) is 352 cm³/mol. The van der Waals surface area contributed by atoms with Crippen molar-refractivity contribution in [1.29, 1.82) is 0 Å². The summed E-state index contributed by atoms with van der Waals surface area (Å²) < 4.78 is 35.6. The topological polar surface area (TPSA) is 299 Å². The molecule has 2 unspecified atom stereocenters. The zero-order chi connectivity index (χ0) is 69.0. The average molecular weight is 1280 g/mol. The van der Waals surface area contributed by atoms with E-state index in [1.165, 1.54) is 25.9 Å². The number of rotatable bonds is 16. The number of hydrogen-bond donors (Lipinski definition) is 3. The molecular formula is C70H77N9O15. The highest BCUT2D eigenvalue weighted by Gasteiger charge is 2.33. The zero-order valence-corrected chi connectivity index (χ0v) is 55.1. The summed E-state index contributed by atoms with van der Waals surface area (Å²) in [4.78, 5) is 125. The molecule has 0 bridgehead atoms. The molecule has 9 aromatic rings. The minimum atomic E-state index is -0.764. The van der Waals surface area contributed by atoms with E-state index in [2.05, 4.69) is 40.4 Å². The maximum absolute atomic E-state index is 12.9. The Morgan fingerprint density at radius 3 is 1.11 bits per heavy atom. The van der Waals surface area contributed by atoms with Crippen molar-refractivity contribution in [2.45, 2.75) is 102 Å². The Kier molecular flexibility index (Phi) is 22.4. The molecule has 0 radical (unpaired) electrons. The number of aromatic nitrogens is 6. The van der Waals surface area contributed by atoms with E-state index in [-0.39, 0.29) is 53.8 Å². The van der Waals surface area contributed by atoms with Gasteiger partial charge in [-0.2, -0.15) is 0 Å². The minimum Gasteiger partial charge on any atom is -0.453 e. The molecule has 24 heteroatoms. The molecule has 0 fully saturated rings. The van der Waals surface area contributed by atoms with Crippen LogP contribution >= 0.6 is 0 Å². The fourth-order valence-electron chi connectivity index (χ4n) is 8.97. The summed E-state index contributed by atoms with van der Waals surface area (Å²) in [5.41, 5.74) is 4.13. The van der Waals surface area contributed by atoms with Gasteiger partial charge in [0.1, 0.15) is 0 Å². The molecule has 3 aromatic heterocycles. The standard InChI is InChI=1S/C25H29N3O5.C23H25N3O5.C22H23N3O5/c1-15(2)21(33-22(30)25(3,4)5)28-19-13-12-17(20(29)16-10-8-7-9-11-16)14-18(19)26-23(28)27-24(31)32-6;1-14(31-20(28)23(2,3)4)26-18-12-11-16(19(27)15-9-7-6-8-10-15)13-17(18)24-21(26)25-22(29)30-5;1-22(2,3)19(27)30-13-25-17-11-10-15(18(26)14-8-6-5-7-9-14)12-16(17)23-20(25)24-21(28)29-4/h7-15,21H,1-6H3,(H,26,27,31);6-14H,1-5H3,(H,24,25,29);5-12H,13H2,1-4H3,(H,23,24,28). The van der Waals surface area contributed by atoms with Crippen molar-refractivity contribution < 1.29 is 71.6 Å². The quantitative estimate of drug-likeness (QED) is 0.0460. The summed E-state index contributed by atoms with van der Waals surface area (Å²) in [6.45, 7) is 21.1. The lowest BCUT2D eigenvalue weighted by molar-refractivity contribution is -0.166. The van der Waals surface area contributed by atoms with Crippen LogP contribution in [0.4, 0.5) is 32.2 Å². The first-order valence-corrected chi connectivity index (χ1v) is 29.8. The van der Waals surface area contributed by atoms with Crippen LogP contribution in [0.25, 0.3) is 33.1 Å². The van der Waals surface area contributed by atoms with Crippen LogP contribution in [0, 0.1) is 22.2 Å². The fraction of sp³-hybridized carbons (Fsp3) is 0.314. The van der Waals surface area contributed by atoms with E-state index in [0.717, 1.165) is 0 Å². The molecule has 0 aliphatic carbocycles. The molecule has 94 heavy (non-hydrogen) atoms. The second-order valence-corrected chi connectivity index (χ2v) is 24.9. The summed E-state index contributed by atoms with van der Waals surface area (Å²) >= 11 is 0. The van der Waals surface area contributed by atoms with Crippen LogP contribution in [0.15, 0.2) is 146 Å². The highest BCUT2D eigenvalue weighted by Crippen LogP contribution is 2.34. The number of hydrogen-bond acceptors (Lipinski definition) is 18. The van der Waals surface area contributed by atoms with E-state index in [1.54, 1.807) is 206 Å². The van der Waals surface area contributed by atoms with E-state index in [1.807, 2.05) is 32.0 Å². The molecule has 3 heterocycles. The third-order valence-electron chi connectivity index (χ3n) is 14.1. The Balaban J connectivity index is 0.000000200. The molecule has 9 rings (SSSR count). The van der Waals surface area contributed by atoms with Crippen molar-refractivity contribution in [3.63, 3.8) is 0 Å². The molecule has 6 aromatic carbocycles. The first-order valence-electron chi connectivity index (χ1n) is 29.8. The molecular weight excluding hydrogens is 1210 g/mol. The summed E-state index contributed by atoms with van der Waals surface area (Å²) in [6.07, 6.45) is -3.65. The third-order valence-corrected chi connectivity index (χ3v) is 14.1. The Morgan fingerprint density at radius 2 is 0.734 bits per heavy atom. The van der Waals surface area contributed by atoms with Gasteiger partial charge < -0.3 is 28.4 Å². The SMILES string of the molecule is COC(=O)Nc1nc2cc(C(=O)c3ccccc3)ccc2n1C(C)OC(=O)C(C)(C)C.COC(=O)Nc1nc2cc(C(=O)c3ccccc3)ccc2n1C(OC(=O)C(C)(C)C)C(C)C.COC(=O)Nc1nc2cc(C(=O)c3ccccc3)ccc2n1COC(=O)C(C)(C)C. The van der Waals surface area contributed by atoms with Crippen LogP contribution in [0.1, 0.15) is 143 Å². The number of esters is 3. The number of ether oxygens (including phenoxy) is 6. The van der Waals surface area contributed by atoms with Crippen molar-refractivity contribution >= 4 is 104 Å². The number of nitrogens with zero attached hydrogens (tertiary/aromatic N) is 6. The van der Waals surface area contributed by atoms with Gasteiger partial charge in [-0.15, -0.1) is 0 Å². The van der Waals surface area contributed by atoms with Gasteiger partial charge in [-0.25, -0.2) is 29.3 Å². The Morgan fingerprint density at radius 1 is 0.404 bits per heavy atom. The van der Waals surface area contributed by atoms with Gasteiger partial charge in [-0.1, -0.05) is 105 Å². The first kappa shape index (κ1) is 70.4. The van der Waals surface area contributed by atoms with Crippen LogP contribution in [-0.2, 0) is 49.5 Å². The Hall–Kier alpha value is -11.0. The summed E-state index contributed by atoms with van der Waals surface area (Å²) in [5, 5.41) is 7.64. The van der Waals surface area contributed by atoms with Gasteiger partial charge in [-0.05, 0) is 124 Å². The average Bonchev–Trinajstić information content (AvgIpc) is 1.80. The van der Waals surface area contributed by atoms with Crippen molar-refractivity contribution in [1.82, 2.24) is 28.7 Å². The van der Waals surface area contributed by atoms with Crippen molar-refractivity contribution in [3.05, 3.63) is 179 Å². The number of imidazole rings is 3. The van der Waals surface area contributed by atoms with Gasteiger partial charge in [0.25, 0.3) is 0 Å². The van der Waals surface area contributed by atoms with Crippen LogP contribution in [0.5, 0.6) is 0 Å². The molecule has 3 amide bonds. The lowest BCUT2D eigenvalue weighted by atomic mass is 9.97. The lowest BCUT2D eigenvalue weighted by Crippen LogP contribution is -2.30. The highest BCUT2D eigenvalue weighted by molar-refractivity contribution is 6.12. The third kappa shape index (κ3) is 17.3. The Labute approximate surface area is 543 Å². The number of anilines is 3. The van der Waals surface area contributed by atoms with Gasteiger partial charge in [0.05, 0.1) is 70.7 Å². The largest absolute Gasteiger partial charge is 0.453 e. The van der Waals surface area contributed by atoms with E-state index < -0.39 is 58.9 Å². The van der Waals surface area contributed by atoms with Crippen LogP contribution < -0.4 is 16.0 Å². The second kappa shape index (κ2) is 29.9. The molecule has 0 saturated carbocycles. The number of fused-ring (bicyclic) bond motifs is 3. The summed E-state index contributed by atoms with van der Waals surface area (Å²) in [7, 11) is 3.72. The maximum atomic E-state index is 12.9. The lowest BCUT2D eigenvalue weighted by Gasteiger charge is -2.28. The highest BCUT2D eigenvalue weighted by atomic mass is 16.6. The van der Waals surface area contributed by atoms with E-state index in [4.69, 9.17) is 18.9 Å². The van der Waals surface area contributed by atoms with Gasteiger partial charge >= 0.3 is 36.2 Å². The van der Waals surface area contributed by atoms with Crippen molar-refractivity contribution in [2.24, 2.45) is 22.2 Å². The van der Waals surface area contributed by atoms with Crippen LogP contribution in [-0.4, -0.2) is 104 Å². The molecule has 492 valence electrons. The van der Waals surface area contributed by atoms with Crippen LogP contribution in [0.2, 0.25) is 0 Å². The molecule has 24 nitrogen and oxygen atoms in total. The predicted octanol–water partition coefficient (Wildman–Crippen LogP) is 13.7. The molecule has 3 N–H and O–H groups in total. The van der Waals surface area contributed by atoms with E-state index in [9.17, 15) is 43.2 Å². The smallest absolute Gasteiger partial charge is 0.413 e. The number of benzene rings is 6. The van der Waals surface area contributed by atoms with E-state index in [0.29, 0.717) is 66.5 Å². The first-order chi connectivity index (χ1) is 44.3. The summed E-state index contributed by atoms with van der Waals surface area (Å²) in [6, 6.07) is 41.9. The Bertz CT molecular complexity index is 4270. The second-order valence-electron chi connectivity index (χ2n) is 24.9. The number of amides is 3. The number of ketones is 3. The zero-order valence-electron chi connectivity index (χ0n) is 55.1. The van der Waals surface area contributed by atoms with Gasteiger partial charge in [-0.3, -0.25) is 58.4 Å². The molecule has 0 aliphatic rings. The monoisotopic (exact) mass is 1280 g/mol. The minimum absolute atomic E-state index is 0.139. The number of nitrogens with one attached hydrogen (secondary N) is 3. The molecule has 0 saturated heterocycles. The van der Waals surface area contributed by atoms with Crippen molar-refractivity contribution in [2.75, 3.05) is 37.3 Å². The fourth-order valence-corrected chi connectivity index (χ4v) is 8.97.